The molecular weight excluding hydrogens is 313 g/mol. The predicted octanol–water partition coefficient (Wildman–Crippen LogP) is 2.82. The van der Waals surface area contributed by atoms with Gasteiger partial charge < -0.3 is 14.5 Å². The molecule has 5 nitrogen and oxygen atoms in total. The van der Waals surface area contributed by atoms with E-state index in [1.165, 1.54) is 11.2 Å². The number of Topliss-reactive ketones (excluding diaryl/α,β-unsaturated/α-hetero) is 1. The van der Waals surface area contributed by atoms with Crippen molar-refractivity contribution in [2.75, 3.05) is 0 Å². The SMILES string of the molecule is CC(=O)CC1CCC2NC(CCn3c(C)nc4ccccc43)=CB2O1. The highest BCUT2D eigenvalue weighted by molar-refractivity contribution is 6.60. The molecule has 4 rings (SSSR count). The fourth-order valence-corrected chi connectivity index (χ4v) is 4.05. The van der Waals surface area contributed by atoms with Crippen LogP contribution in [0.1, 0.15) is 38.4 Å². The molecule has 1 aromatic carbocycles. The molecule has 2 atom stereocenters. The Morgan fingerprint density at radius 3 is 3.08 bits per heavy atom. The van der Waals surface area contributed by atoms with Crippen LogP contribution in [0.15, 0.2) is 35.9 Å². The van der Waals surface area contributed by atoms with Gasteiger partial charge in [-0.15, -0.1) is 0 Å². The number of nitrogens with zero attached hydrogens (tertiary/aromatic N) is 2. The average molecular weight is 337 g/mol. The third-order valence-corrected chi connectivity index (χ3v) is 5.25. The molecule has 3 heterocycles. The Bertz CT molecular complexity index is 829. The van der Waals surface area contributed by atoms with Gasteiger partial charge in [0.2, 0.25) is 0 Å². The van der Waals surface area contributed by atoms with Crippen LogP contribution in [0, 0.1) is 6.92 Å². The highest BCUT2D eigenvalue weighted by Gasteiger charge is 2.38. The molecule has 2 aliphatic rings. The van der Waals surface area contributed by atoms with E-state index in [9.17, 15) is 4.79 Å². The lowest BCUT2D eigenvalue weighted by Crippen LogP contribution is -2.45. The summed E-state index contributed by atoms with van der Waals surface area (Å²) in [7, 11) is 0. The Labute approximate surface area is 148 Å². The van der Waals surface area contributed by atoms with Gasteiger partial charge in [-0.25, -0.2) is 4.98 Å². The minimum Gasteiger partial charge on any atom is -0.426 e. The second kappa shape index (κ2) is 6.67. The molecule has 2 aromatic rings. The smallest absolute Gasteiger partial charge is 0.344 e. The van der Waals surface area contributed by atoms with Gasteiger partial charge >= 0.3 is 6.92 Å². The van der Waals surface area contributed by atoms with E-state index in [4.69, 9.17) is 4.65 Å². The summed E-state index contributed by atoms with van der Waals surface area (Å²) in [6.07, 6.45) is 3.58. The van der Waals surface area contributed by atoms with Gasteiger partial charge in [-0.05, 0) is 38.8 Å². The molecule has 6 heteroatoms. The highest BCUT2D eigenvalue weighted by Crippen LogP contribution is 2.27. The number of benzene rings is 1. The quantitative estimate of drug-likeness (QED) is 0.853. The lowest BCUT2D eigenvalue weighted by molar-refractivity contribution is -0.118. The molecule has 0 amide bonds. The highest BCUT2D eigenvalue weighted by atomic mass is 16.4. The van der Waals surface area contributed by atoms with Gasteiger partial charge in [0, 0.05) is 37.1 Å². The molecule has 2 aliphatic heterocycles. The van der Waals surface area contributed by atoms with E-state index >= 15 is 0 Å². The van der Waals surface area contributed by atoms with Crippen molar-refractivity contribution >= 4 is 23.7 Å². The van der Waals surface area contributed by atoms with Gasteiger partial charge in [-0.2, -0.15) is 0 Å². The summed E-state index contributed by atoms with van der Waals surface area (Å²) in [6, 6.07) is 8.27. The van der Waals surface area contributed by atoms with Gasteiger partial charge in [0.25, 0.3) is 0 Å². The van der Waals surface area contributed by atoms with Gasteiger partial charge in [-0.1, -0.05) is 18.1 Å². The van der Waals surface area contributed by atoms with Crippen LogP contribution in [0.5, 0.6) is 0 Å². The standard InChI is InChI=1S/C19H24BN3O2/c1-13(24)11-16-7-8-19-20(25-16)12-15(22-19)9-10-23-14(2)21-17-5-3-4-6-18(17)23/h3-6,12,16,19,22H,7-11H2,1-2H3. The van der Waals surface area contributed by atoms with E-state index in [-0.39, 0.29) is 18.8 Å². The Hall–Kier alpha value is -2.08. The minimum atomic E-state index is 0.0796. The van der Waals surface area contributed by atoms with Gasteiger partial charge in [0.15, 0.2) is 0 Å². The van der Waals surface area contributed by atoms with Crippen molar-refractivity contribution in [1.29, 1.82) is 0 Å². The number of fused-ring (bicyclic) bond motifs is 2. The van der Waals surface area contributed by atoms with Gasteiger partial charge in [0.1, 0.15) is 11.6 Å². The third-order valence-electron chi connectivity index (χ3n) is 5.25. The Kier molecular flexibility index (Phi) is 4.38. The zero-order valence-electron chi connectivity index (χ0n) is 14.9. The molecule has 0 spiro atoms. The third kappa shape index (κ3) is 3.36. The first kappa shape index (κ1) is 16.4. The zero-order chi connectivity index (χ0) is 17.4. The molecule has 1 N–H and O–H groups in total. The van der Waals surface area contributed by atoms with E-state index in [1.54, 1.807) is 6.92 Å². The van der Waals surface area contributed by atoms with E-state index in [2.05, 4.69) is 46.0 Å². The summed E-state index contributed by atoms with van der Waals surface area (Å²) in [5, 5.41) is 3.61. The Balaban J connectivity index is 1.42. The fraction of sp³-hybridized carbons (Fsp3) is 0.474. The predicted molar refractivity (Wildman–Crippen MR) is 99.3 cm³/mol. The Morgan fingerprint density at radius 1 is 1.40 bits per heavy atom. The summed E-state index contributed by atoms with van der Waals surface area (Å²) in [4.78, 5) is 16.0. The number of aryl methyl sites for hydroxylation is 2. The molecular formula is C19H24BN3O2. The number of imidazole rings is 1. The van der Waals surface area contributed by atoms with E-state index in [0.717, 1.165) is 37.1 Å². The van der Waals surface area contributed by atoms with Crippen LogP contribution in [0.4, 0.5) is 0 Å². The maximum Gasteiger partial charge on any atom is 0.344 e. The number of hydrogen-bond donors (Lipinski definition) is 1. The van der Waals surface area contributed by atoms with Crippen molar-refractivity contribution in [2.45, 2.75) is 58.1 Å². The summed E-state index contributed by atoms with van der Waals surface area (Å²) in [5.74, 6) is 3.83. The maximum absolute atomic E-state index is 11.3. The van der Waals surface area contributed by atoms with Crippen molar-refractivity contribution in [1.82, 2.24) is 14.9 Å². The van der Waals surface area contributed by atoms with E-state index < -0.39 is 0 Å². The minimum absolute atomic E-state index is 0.0796. The van der Waals surface area contributed by atoms with Crippen LogP contribution in [0.2, 0.25) is 0 Å². The number of nitrogens with one attached hydrogen (secondary N) is 1. The lowest BCUT2D eigenvalue weighted by atomic mass is 9.58. The molecule has 130 valence electrons. The number of hydrogen-bond acceptors (Lipinski definition) is 4. The second-order valence-corrected chi connectivity index (χ2v) is 7.20. The summed E-state index contributed by atoms with van der Waals surface area (Å²) in [5.41, 5.74) is 3.49. The monoisotopic (exact) mass is 337 g/mol. The van der Waals surface area contributed by atoms with Crippen LogP contribution >= 0.6 is 0 Å². The van der Waals surface area contributed by atoms with E-state index in [1.807, 2.05) is 6.07 Å². The zero-order valence-corrected chi connectivity index (χ0v) is 14.9. The van der Waals surface area contributed by atoms with Crippen LogP contribution in [0.3, 0.4) is 0 Å². The van der Waals surface area contributed by atoms with Crippen molar-refractivity contribution in [2.24, 2.45) is 0 Å². The fourth-order valence-electron chi connectivity index (χ4n) is 4.05. The largest absolute Gasteiger partial charge is 0.426 e. The molecule has 1 aromatic heterocycles. The number of rotatable bonds is 5. The molecule has 0 aliphatic carbocycles. The summed E-state index contributed by atoms with van der Waals surface area (Å²) >= 11 is 0. The van der Waals surface area contributed by atoms with Gasteiger partial charge in [-0.3, -0.25) is 4.79 Å². The molecule has 0 saturated carbocycles. The molecule has 0 radical (unpaired) electrons. The van der Waals surface area contributed by atoms with Crippen LogP contribution in [0.25, 0.3) is 11.0 Å². The number of aromatic nitrogens is 2. The first-order chi connectivity index (χ1) is 12.1. The van der Waals surface area contributed by atoms with Crippen LogP contribution in [-0.4, -0.2) is 34.3 Å². The van der Waals surface area contributed by atoms with Crippen LogP contribution < -0.4 is 5.32 Å². The maximum atomic E-state index is 11.3. The van der Waals surface area contributed by atoms with Crippen molar-refractivity contribution in [3.8, 4) is 0 Å². The van der Waals surface area contributed by atoms with Crippen molar-refractivity contribution < 1.29 is 9.45 Å². The molecule has 1 fully saturated rings. The Morgan fingerprint density at radius 2 is 2.24 bits per heavy atom. The van der Waals surface area contributed by atoms with Crippen molar-refractivity contribution in [3.63, 3.8) is 0 Å². The topological polar surface area (TPSA) is 56.2 Å². The molecule has 25 heavy (non-hydrogen) atoms. The van der Waals surface area contributed by atoms with Crippen LogP contribution in [-0.2, 0) is 16.0 Å². The van der Waals surface area contributed by atoms with Crippen molar-refractivity contribution in [3.05, 3.63) is 41.8 Å². The summed E-state index contributed by atoms with van der Waals surface area (Å²) in [6.45, 7) is 4.71. The average Bonchev–Trinajstić information content (AvgIpc) is 3.11. The number of ketones is 1. The number of carbonyl (C=O) groups is 1. The van der Waals surface area contributed by atoms with Gasteiger partial charge in [0.05, 0.1) is 11.0 Å². The first-order valence-electron chi connectivity index (χ1n) is 9.14. The normalized spacial score (nSPS) is 22.6. The summed E-state index contributed by atoms with van der Waals surface area (Å²) < 4.78 is 8.38. The molecule has 0 bridgehead atoms. The first-order valence-corrected chi connectivity index (χ1v) is 9.14. The number of carbonyl (C=O) groups excluding carboxylic acids is 1. The number of allylic oxidation sites excluding steroid dienone is 1. The second-order valence-electron chi connectivity index (χ2n) is 7.20. The lowest BCUT2D eigenvalue weighted by Gasteiger charge is -2.30. The molecule has 1 saturated heterocycles. The number of para-hydroxylation sites is 2. The molecule has 2 unspecified atom stereocenters. The van der Waals surface area contributed by atoms with E-state index in [0.29, 0.717) is 12.4 Å².